The Bertz CT molecular complexity index is 319. The second-order valence-electron chi connectivity index (χ2n) is 3.64. The lowest BCUT2D eigenvalue weighted by molar-refractivity contribution is 0.534. The summed E-state index contributed by atoms with van der Waals surface area (Å²) in [4.78, 5) is 0. The molecule has 1 aliphatic heterocycles. The molecule has 0 bridgehead atoms. The van der Waals surface area contributed by atoms with Gasteiger partial charge in [0.1, 0.15) is 5.82 Å². The molecule has 0 radical (unpaired) electrons. The smallest absolute Gasteiger partial charge is 0.129 e. The Hall–Kier alpha value is -0.250. The molecule has 0 aliphatic carbocycles. The van der Waals surface area contributed by atoms with Crippen molar-refractivity contribution in [2.75, 3.05) is 11.5 Å². The fraction of sp³-hybridized carbons (Fsp3) is 0.455. The van der Waals surface area contributed by atoms with Crippen molar-refractivity contribution in [3.8, 4) is 0 Å². The van der Waals surface area contributed by atoms with Crippen molar-refractivity contribution in [2.24, 2.45) is 0 Å². The third-order valence-corrected chi connectivity index (χ3v) is 4.08. The first-order valence-corrected chi connectivity index (χ1v) is 6.54. The van der Waals surface area contributed by atoms with Gasteiger partial charge < -0.3 is 5.32 Å². The van der Waals surface area contributed by atoms with Crippen LogP contribution in [0.25, 0.3) is 0 Å². The third kappa shape index (κ3) is 2.86. The topological polar surface area (TPSA) is 12.0 Å². The Balaban J connectivity index is 1.97. The van der Waals surface area contributed by atoms with Gasteiger partial charge in [0.05, 0.1) is 0 Å². The predicted molar refractivity (Wildman–Crippen MR) is 64.0 cm³/mol. The van der Waals surface area contributed by atoms with Crippen LogP contribution in [0.3, 0.4) is 0 Å². The highest BCUT2D eigenvalue weighted by Crippen LogP contribution is 2.21. The molecule has 0 amide bonds. The Morgan fingerprint density at radius 3 is 3.07 bits per heavy atom. The number of benzene rings is 1. The summed E-state index contributed by atoms with van der Waals surface area (Å²) in [5.41, 5.74) is 0.580. The number of hydrogen-bond donors (Lipinski definition) is 1. The second kappa shape index (κ2) is 5.19. The summed E-state index contributed by atoms with van der Waals surface area (Å²) >= 11 is 7.87. The molecule has 2 rings (SSSR count). The van der Waals surface area contributed by atoms with Gasteiger partial charge in [0.25, 0.3) is 0 Å². The zero-order chi connectivity index (χ0) is 10.7. The maximum Gasteiger partial charge on any atom is 0.129 e. The van der Waals surface area contributed by atoms with Gasteiger partial charge in [0, 0.05) is 28.9 Å². The summed E-state index contributed by atoms with van der Waals surface area (Å²) in [7, 11) is 0. The van der Waals surface area contributed by atoms with Gasteiger partial charge >= 0.3 is 0 Å². The van der Waals surface area contributed by atoms with Gasteiger partial charge in [0.15, 0.2) is 0 Å². The second-order valence-corrected chi connectivity index (χ2v) is 5.20. The minimum atomic E-state index is -0.222. The molecule has 0 saturated carbocycles. The fourth-order valence-corrected chi connectivity index (χ4v) is 3.06. The van der Waals surface area contributed by atoms with Crippen molar-refractivity contribution in [2.45, 2.75) is 19.0 Å². The van der Waals surface area contributed by atoms with Crippen molar-refractivity contribution < 1.29 is 4.39 Å². The van der Waals surface area contributed by atoms with Crippen LogP contribution < -0.4 is 5.32 Å². The van der Waals surface area contributed by atoms with Crippen molar-refractivity contribution in [1.82, 2.24) is 5.32 Å². The monoisotopic (exact) mass is 245 g/mol. The van der Waals surface area contributed by atoms with Gasteiger partial charge in [-0.3, -0.25) is 0 Å². The molecule has 82 valence electrons. The van der Waals surface area contributed by atoms with Crippen molar-refractivity contribution in [3.05, 3.63) is 34.6 Å². The van der Waals surface area contributed by atoms with Crippen LogP contribution >= 0.6 is 23.4 Å². The highest BCUT2D eigenvalue weighted by molar-refractivity contribution is 7.99. The Labute approximate surface area is 98.4 Å². The normalized spacial score (nSPS) is 20.8. The number of thioether (sulfide) groups is 1. The largest absolute Gasteiger partial charge is 0.309 e. The van der Waals surface area contributed by atoms with E-state index >= 15 is 0 Å². The standard InChI is InChI=1S/C11H13ClFNS/c12-10-2-1-3-11(13)9(10)6-14-8-4-5-15-7-8/h1-3,8,14H,4-7H2. The molecule has 1 unspecified atom stereocenters. The van der Waals surface area contributed by atoms with E-state index in [1.54, 1.807) is 12.1 Å². The van der Waals surface area contributed by atoms with E-state index < -0.39 is 0 Å². The van der Waals surface area contributed by atoms with E-state index in [9.17, 15) is 4.39 Å². The molecular formula is C11H13ClFNS. The van der Waals surface area contributed by atoms with Gasteiger partial charge in [-0.25, -0.2) is 4.39 Å². The summed E-state index contributed by atoms with van der Waals surface area (Å²) in [6, 6.07) is 5.31. The Morgan fingerprint density at radius 1 is 1.53 bits per heavy atom. The van der Waals surface area contributed by atoms with E-state index in [2.05, 4.69) is 5.32 Å². The van der Waals surface area contributed by atoms with Gasteiger partial charge in [-0.2, -0.15) is 11.8 Å². The molecule has 1 fully saturated rings. The molecule has 1 aromatic rings. The molecule has 15 heavy (non-hydrogen) atoms. The Morgan fingerprint density at radius 2 is 2.40 bits per heavy atom. The van der Waals surface area contributed by atoms with Gasteiger partial charge in [0.2, 0.25) is 0 Å². The number of nitrogens with one attached hydrogen (secondary N) is 1. The van der Waals surface area contributed by atoms with Crippen molar-refractivity contribution in [1.29, 1.82) is 0 Å². The molecule has 1 heterocycles. The minimum absolute atomic E-state index is 0.222. The first-order valence-electron chi connectivity index (χ1n) is 5.01. The van der Waals surface area contributed by atoms with E-state index in [-0.39, 0.29) is 5.82 Å². The third-order valence-electron chi connectivity index (χ3n) is 2.56. The lowest BCUT2D eigenvalue weighted by Gasteiger charge is -2.12. The summed E-state index contributed by atoms with van der Waals surface area (Å²) in [5, 5.41) is 3.84. The van der Waals surface area contributed by atoms with Crippen molar-refractivity contribution in [3.63, 3.8) is 0 Å². The molecule has 1 aliphatic rings. The maximum absolute atomic E-state index is 13.4. The summed E-state index contributed by atoms with van der Waals surface area (Å²) in [5.74, 6) is 2.09. The van der Waals surface area contributed by atoms with Crippen LogP contribution in [0.5, 0.6) is 0 Å². The van der Waals surface area contributed by atoms with Gasteiger partial charge in [-0.1, -0.05) is 17.7 Å². The lowest BCUT2D eigenvalue weighted by atomic mass is 10.2. The summed E-state index contributed by atoms with van der Waals surface area (Å²) in [6.07, 6.45) is 1.16. The lowest BCUT2D eigenvalue weighted by Crippen LogP contribution is -2.28. The van der Waals surface area contributed by atoms with Crippen LogP contribution in [0.1, 0.15) is 12.0 Å². The van der Waals surface area contributed by atoms with E-state index in [1.807, 2.05) is 11.8 Å². The first kappa shape index (κ1) is 11.2. The van der Waals surface area contributed by atoms with E-state index in [4.69, 9.17) is 11.6 Å². The summed E-state index contributed by atoms with van der Waals surface area (Å²) in [6.45, 7) is 0.525. The van der Waals surface area contributed by atoms with Gasteiger partial charge in [-0.15, -0.1) is 0 Å². The average Bonchev–Trinajstić information content (AvgIpc) is 2.70. The van der Waals surface area contributed by atoms with Crippen LogP contribution in [0.4, 0.5) is 4.39 Å². The SMILES string of the molecule is Fc1cccc(Cl)c1CNC1CCSC1. The van der Waals surface area contributed by atoms with Crippen LogP contribution in [0, 0.1) is 5.82 Å². The van der Waals surface area contributed by atoms with E-state index in [1.165, 1.54) is 11.8 Å². The predicted octanol–water partition coefficient (Wildman–Crippen LogP) is 3.07. The molecule has 1 saturated heterocycles. The molecule has 1 nitrogen and oxygen atoms in total. The van der Waals surface area contributed by atoms with Gasteiger partial charge in [-0.05, 0) is 24.3 Å². The summed E-state index contributed by atoms with van der Waals surface area (Å²) < 4.78 is 13.4. The molecule has 0 spiro atoms. The highest BCUT2D eigenvalue weighted by Gasteiger charge is 2.15. The van der Waals surface area contributed by atoms with Crippen LogP contribution in [-0.4, -0.2) is 17.5 Å². The molecule has 0 aromatic heterocycles. The molecule has 1 aromatic carbocycles. The maximum atomic E-state index is 13.4. The molecular weight excluding hydrogens is 233 g/mol. The number of rotatable bonds is 3. The zero-order valence-electron chi connectivity index (χ0n) is 8.30. The van der Waals surface area contributed by atoms with Crippen LogP contribution in [0.2, 0.25) is 5.02 Å². The average molecular weight is 246 g/mol. The Kier molecular flexibility index (Phi) is 3.89. The fourth-order valence-electron chi connectivity index (χ4n) is 1.64. The van der Waals surface area contributed by atoms with E-state index in [0.29, 0.717) is 23.2 Å². The number of halogens is 2. The molecule has 4 heteroatoms. The first-order chi connectivity index (χ1) is 7.27. The van der Waals surface area contributed by atoms with E-state index in [0.717, 1.165) is 12.2 Å². The molecule has 1 N–H and O–H groups in total. The minimum Gasteiger partial charge on any atom is -0.309 e. The molecule has 1 atom stereocenters. The number of hydrogen-bond acceptors (Lipinski definition) is 2. The van der Waals surface area contributed by atoms with Crippen LogP contribution in [-0.2, 0) is 6.54 Å². The highest BCUT2D eigenvalue weighted by atomic mass is 35.5. The van der Waals surface area contributed by atoms with Crippen molar-refractivity contribution >= 4 is 23.4 Å². The van der Waals surface area contributed by atoms with Crippen LogP contribution in [0.15, 0.2) is 18.2 Å². The zero-order valence-corrected chi connectivity index (χ0v) is 9.87. The quantitative estimate of drug-likeness (QED) is 0.879.